The van der Waals surface area contributed by atoms with Crippen LogP contribution in [-0.2, 0) is 6.54 Å². The minimum atomic E-state index is 0.515. The molecule has 4 heteroatoms. The Hall–Kier alpha value is -0.580. The summed E-state index contributed by atoms with van der Waals surface area (Å²) in [6.07, 6.45) is 2.49. The van der Waals surface area contributed by atoms with Crippen LogP contribution in [0.25, 0.3) is 0 Å². The standard InChI is InChI=1S/C17H28BrN3/c1-13(2)19-12-14-5-6-15(18)11-17(14)21-9-7-16(8-10-21)20(3)4/h5-6,11,13,16,19H,7-10,12H2,1-4H3. The van der Waals surface area contributed by atoms with Crippen LogP contribution in [0.2, 0.25) is 0 Å². The lowest BCUT2D eigenvalue weighted by atomic mass is 10.0. The highest BCUT2D eigenvalue weighted by Crippen LogP contribution is 2.28. The van der Waals surface area contributed by atoms with Crippen molar-refractivity contribution in [3.63, 3.8) is 0 Å². The fourth-order valence-electron chi connectivity index (χ4n) is 2.92. The Labute approximate surface area is 137 Å². The van der Waals surface area contributed by atoms with E-state index in [1.807, 2.05) is 0 Å². The van der Waals surface area contributed by atoms with E-state index in [0.29, 0.717) is 6.04 Å². The molecule has 1 aliphatic heterocycles. The highest BCUT2D eigenvalue weighted by molar-refractivity contribution is 9.10. The normalized spacial score (nSPS) is 17.0. The van der Waals surface area contributed by atoms with Crippen LogP contribution in [0.5, 0.6) is 0 Å². The first-order chi connectivity index (χ1) is 9.97. The SMILES string of the molecule is CC(C)NCc1ccc(Br)cc1N1CCC(N(C)C)CC1. The van der Waals surface area contributed by atoms with Gasteiger partial charge in [-0.15, -0.1) is 0 Å². The maximum Gasteiger partial charge on any atom is 0.0423 e. The van der Waals surface area contributed by atoms with E-state index in [1.165, 1.54) is 28.6 Å². The molecule has 1 fully saturated rings. The number of benzene rings is 1. The molecule has 0 spiro atoms. The van der Waals surface area contributed by atoms with Gasteiger partial charge in [-0.05, 0) is 44.6 Å². The molecular weight excluding hydrogens is 326 g/mol. The first-order valence-corrected chi connectivity index (χ1v) is 8.70. The number of hydrogen-bond acceptors (Lipinski definition) is 3. The van der Waals surface area contributed by atoms with Crippen molar-refractivity contribution in [2.24, 2.45) is 0 Å². The lowest BCUT2D eigenvalue weighted by Crippen LogP contribution is -2.42. The highest BCUT2D eigenvalue weighted by atomic mass is 79.9. The number of anilines is 1. The summed E-state index contributed by atoms with van der Waals surface area (Å²) >= 11 is 3.62. The fourth-order valence-corrected chi connectivity index (χ4v) is 3.27. The van der Waals surface area contributed by atoms with Gasteiger partial charge in [-0.1, -0.05) is 35.8 Å². The predicted octanol–water partition coefficient (Wildman–Crippen LogP) is 3.48. The summed E-state index contributed by atoms with van der Waals surface area (Å²) in [4.78, 5) is 4.90. The summed E-state index contributed by atoms with van der Waals surface area (Å²) in [6, 6.07) is 7.90. The molecular formula is C17H28BrN3. The third-order valence-electron chi connectivity index (χ3n) is 4.28. The Bertz CT molecular complexity index is 451. The molecule has 1 heterocycles. The zero-order valence-corrected chi connectivity index (χ0v) is 15.3. The van der Waals surface area contributed by atoms with Crippen LogP contribution in [0.4, 0.5) is 5.69 Å². The third kappa shape index (κ3) is 4.70. The Kier molecular flexibility index (Phi) is 6.08. The Morgan fingerprint density at radius 3 is 2.52 bits per heavy atom. The smallest absolute Gasteiger partial charge is 0.0423 e. The molecule has 0 saturated carbocycles. The topological polar surface area (TPSA) is 18.5 Å². The molecule has 0 aliphatic carbocycles. The van der Waals surface area contributed by atoms with Crippen molar-refractivity contribution in [1.29, 1.82) is 0 Å². The third-order valence-corrected chi connectivity index (χ3v) is 4.78. The van der Waals surface area contributed by atoms with Gasteiger partial charge in [0.15, 0.2) is 0 Å². The number of piperidine rings is 1. The quantitative estimate of drug-likeness (QED) is 0.874. The second-order valence-electron chi connectivity index (χ2n) is 6.49. The molecule has 1 aliphatic rings. The zero-order chi connectivity index (χ0) is 15.4. The number of halogens is 1. The number of nitrogens with zero attached hydrogens (tertiary/aromatic N) is 2. The van der Waals surface area contributed by atoms with Gasteiger partial charge in [-0.3, -0.25) is 0 Å². The molecule has 1 N–H and O–H groups in total. The molecule has 2 rings (SSSR count). The van der Waals surface area contributed by atoms with Gasteiger partial charge in [-0.25, -0.2) is 0 Å². The largest absolute Gasteiger partial charge is 0.371 e. The maximum atomic E-state index is 3.62. The van der Waals surface area contributed by atoms with Gasteiger partial charge in [0.25, 0.3) is 0 Å². The molecule has 0 aromatic heterocycles. The molecule has 0 radical (unpaired) electrons. The number of rotatable bonds is 5. The lowest BCUT2D eigenvalue weighted by molar-refractivity contribution is 0.249. The van der Waals surface area contributed by atoms with Crippen molar-refractivity contribution in [3.05, 3.63) is 28.2 Å². The van der Waals surface area contributed by atoms with E-state index in [2.05, 4.69) is 77.2 Å². The Morgan fingerprint density at radius 2 is 1.95 bits per heavy atom. The molecule has 3 nitrogen and oxygen atoms in total. The van der Waals surface area contributed by atoms with Gasteiger partial charge in [0, 0.05) is 41.9 Å². The van der Waals surface area contributed by atoms with Crippen LogP contribution in [0.3, 0.4) is 0 Å². The molecule has 0 amide bonds. The number of hydrogen-bond donors (Lipinski definition) is 1. The molecule has 21 heavy (non-hydrogen) atoms. The Balaban J connectivity index is 2.09. The average molecular weight is 354 g/mol. The van der Waals surface area contributed by atoms with Crippen LogP contribution in [0.15, 0.2) is 22.7 Å². The summed E-state index contributed by atoms with van der Waals surface area (Å²) in [5, 5.41) is 3.54. The summed E-state index contributed by atoms with van der Waals surface area (Å²) in [7, 11) is 4.38. The highest BCUT2D eigenvalue weighted by Gasteiger charge is 2.22. The van der Waals surface area contributed by atoms with Gasteiger partial charge in [0.2, 0.25) is 0 Å². The fraction of sp³-hybridized carbons (Fsp3) is 0.647. The van der Waals surface area contributed by atoms with E-state index in [0.717, 1.165) is 25.7 Å². The van der Waals surface area contributed by atoms with Gasteiger partial charge < -0.3 is 15.1 Å². The van der Waals surface area contributed by atoms with Crippen molar-refractivity contribution in [2.75, 3.05) is 32.1 Å². The van der Waals surface area contributed by atoms with Crippen molar-refractivity contribution in [1.82, 2.24) is 10.2 Å². The number of nitrogens with one attached hydrogen (secondary N) is 1. The van der Waals surface area contributed by atoms with E-state index in [9.17, 15) is 0 Å². The van der Waals surface area contributed by atoms with E-state index < -0.39 is 0 Å². The minimum absolute atomic E-state index is 0.515. The van der Waals surface area contributed by atoms with Crippen molar-refractivity contribution in [2.45, 2.75) is 45.3 Å². The van der Waals surface area contributed by atoms with Crippen LogP contribution in [-0.4, -0.2) is 44.2 Å². The molecule has 118 valence electrons. The van der Waals surface area contributed by atoms with E-state index >= 15 is 0 Å². The second-order valence-corrected chi connectivity index (χ2v) is 7.41. The predicted molar refractivity (Wildman–Crippen MR) is 95.0 cm³/mol. The summed E-state index contributed by atoms with van der Waals surface area (Å²) in [5.41, 5.74) is 2.78. The molecule has 1 saturated heterocycles. The minimum Gasteiger partial charge on any atom is -0.371 e. The van der Waals surface area contributed by atoms with Crippen LogP contribution >= 0.6 is 15.9 Å². The first-order valence-electron chi connectivity index (χ1n) is 7.90. The van der Waals surface area contributed by atoms with Gasteiger partial charge in [0.1, 0.15) is 0 Å². The van der Waals surface area contributed by atoms with Gasteiger partial charge >= 0.3 is 0 Å². The Morgan fingerprint density at radius 1 is 1.29 bits per heavy atom. The zero-order valence-electron chi connectivity index (χ0n) is 13.7. The van der Waals surface area contributed by atoms with E-state index in [-0.39, 0.29) is 0 Å². The van der Waals surface area contributed by atoms with Crippen molar-refractivity contribution in [3.8, 4) is 0 Å². The molecule has 0 unspecified atom stereocenters. The molecule has 1 aromatic rings. The van der Waals surface area contributed by atoms with Crippen molar-refractivity contribution >= 4 is 21.6 Å². The summed E-state index contributed by atoms with van der Waals surface area (Å²) < 4.78 is 1.17. The van der Waals surface area contributed by atoms with Gasteiger partial charge in [0.05, 0.1) is 0 Å². The molecule has 0 atom stereocenters. The summed E-state index contributed by atoms with van der Waals surface area (Å²) in [6.45, 7) is 7.62. The lowest BCUT2D eigenvalue weighted by Gasteiger charge is -2.37. The van der Waals surface area contributed by atoms with Crippen LogP contribution in [0.1, 0.15) is 32.3 Å². The van der Waals surface area contributed by atoms with Crippen LogP contribution < -0.4 is 10.2 Å². The second kappa shape index (κ2) is 7.61. The molecule has 0 bridgehead atoms. The first kappa shape index (κ1) is 16.8. The molecule has 1 aromatic carbocycles. The maximum absolute atomic E-state index is 3.62. The van der Waals surface area contributed by atoms with E-state index in [1.54, 1.807) is 0 Å². The van der Waals surface area contributed by atoms with Gasteiger partial charge in [-0.2, -0.15) is 0 Å². The van der Waals surface area contributed by atoms with Crippen LogP contribution in [0, 0.1) is 0 Å². The van der Waals surface area contributed by atoms with E-state index in [4.69, 9.17) is 0 Å². The van der Waals surface area contributed by atoms with Crippen molar-refractivity contribution < 1.29 is 0 Å². The summed E-state index contributed by atoms with van der Waals surface area (Å²) in [5.74, 6) is 0. The monoisotopic (exact) mass is 353 g/mol. The average Bonchev–Trinajstić information content (AvgIpc) is 2.46.